The molecule has 1 aliphatic heterocycles. The van der Waals surface area contributed by atoms with Gasteiger partial charge >= 0.3 is 12.1 Å². The van der Waals surface area contributed by atoms with Gasteiger partial charge in [-0.2, -0.15) is 18.1 Å². The normalized spacial score (nSPS) is 17.1. The lowest BCUT2D eigenvalue weighted by Gasteiger charge is -2.28. The highest BCUT2D eigenvalue weighted by Crippen LogP contribution is 2.38. The molecule has 0 bridgehead atoms. The standard InChI is InChI=1S/C14H12F3NO4/c1-2-21-13(19)10-6-9-5-8(7-18-20)3-4-11(9)22-12(10)14(15,16)17/h3-6,12H,2,7H2,1H3. The number of carbonyl (C=O) groups is 1. The fourth-order valence-corrected chi connectivity index (χ4v) is 2.05. The van der Waals surface area contributed by atoms with Gasteiger partial charge in [0.1, 0.15) is 12.3 Å². The maximum atomic E-state index is 13.1. The molecule has 0 radical (unpaired) electrons. The van der Waals surface area contributed by atoms with Crippen molar-refractivity contribution in [3.8, 4) is 5.75 Å². The van der Waals surface area contributed by atoms with Crippen LogP contribution in [0.3, 0.4) is 0 Å². The van der Waals surface area contributed by atoms with Crippen LogP contribution >= 0.6 is 0 Å². The summed E-state index contributed by atoms with van der Waals surface area (Å²) < 4.78 is 48.7. The van der Waals surface area contributed by atoms with Crippen molar-refractivity contribution >= 4 is 12.0 Å². The molecular weight excluding hydrogens is 303 g/mol. The summed E-state index contributed by atoms with van der Waals surface area (Å²) in [7, 11) is 0. The van der Waals surface area contributed by atoms with Crippen LogP contribution in [0.2, 0.25) is 0 Å². The van der Waals surface area contributed by atoms with E-state index in [4.69, 9.17) is 4.74 Å². The predicted octanol–water partition coefficient (Wildman–Crippen LogP) is 3.22. The predicted molar refractivity (Wildman–Crippen MR) is 71.0 cm³/mol. The summed E-state index contributed by atoms with van der Waals surface area (Å²) in [4.78, 5) is 22.0. The highest BCUT2D eigenvalue weighted by Gasteiger charge is 2.48. The molecule has 0 N–H and O–H groups in total. The lowest BCUT2D eigenvalue weighted by Crippen LogP contribution is -2.40. The van der Waals surface area contributed by atoms with Crippen LogP contribution in [0, 0.1) is 4.91 Å². The number of carbonyl (C=O) groups excluding carboxylic acids is 1. The van der Waals surface area contributed by atoms with E-state index in [1.807, 2.05) is 0 Å². The number of benzene rings is 1. The molecule has 0 spiro atoms. The summed E-state index contributed by atoms with van der Waals surface area (Å²) in [6.45, 7) is 1.31. The summed E-state index contributed by atoms with van der Waals surface area (Å²) >= 11 is 0. The van der Waals surface area contributed by atoms with E-state index in [1.54, 1.807) is 0 Å². The monoisotopic (exact) mass is 315 g/mol. The molecule has 0 fully saturated rings. The first-order chi connectivity index (χ1) is 10.4. The fraction of sp³-hybridized carbons (Fsp3) is 0.357. The third-order valence-corrected chi connectivity index (χ3v) is 2.97. The molecule has 0 aliphatic carbocycles. The van der Waals surface area contributed by atoms with Crippen molar-refractivity contribution in [3.05, 3.63) is 39.8 Å². The van der Waals surface area contributed by atoms with Gasteiger partial charge in [0.25, 0.3) is 0 Å². The van der Waals surface area contributed by atoms with Crippen LogP contribution in [0.5, 0.6) is 5.75 Å². The van der Waals surface area contributed by atoms with Crippen molar-refractivity contribution in [2.24, 2.45) is 5.18 Å². The van der Waals surface area contributed by atoms with Crippen molar-refractivity contribution in [2.75, 3.05) is 6.61 Å². The Kier molecular flexibility index (Phi) is 4.48. The lowest BCUT2D eigenvalue weighted by atomic mass is 9.99. The Labute approximate surface area is 123 Å². The maximum Gasteiger partial charge on any atom is 0.430 e. The minimum atomic E-state index is -4.75. The van der Waals surface area contributed by atoms with Crippen LogP contribution in [0.1, 0.15) is 18.1 Å². The van der Waals surface area contributed by atoms with Gasteiger partial charge in [0, 0.05) is 5.56 Å². The molecule has 1 aliphatic rings. The lowest BCUT2D eigenvalue weighted by molar-refractivity contribution is -0.187. The Bertz CT molecular complexity index is 625. The molecular formula is C14H12F3NO4. The first kappa shape index (κ1) is 16.0. The van der Waals surface area contributed by atoms with E-state index in [0.29, 0.717) is 5.56 Å². The minimum Gasteiger partial charge on any atom is -0.475 e. The van der Waals surface area contributed by atoms with Gasteiger partial charge in [-0.25, -0.2) is 4.79 Å². The van der Waals surface area contributed by atoms with E-state index in [0.717, 1.165) is 6.08 Å². The second kappa shape index (κ2) is 6.17. The first-order valence-electron chi connectivity index (χ1n) is 6.41. The zero-order chi connectivity index (χ0) is 16.3. The molecule has 5 nitrogen and oxygen atoms in total. The van der Waals surface area contributed by atoms with Gasteiger partial charge in [-0.1, -0.05) is 11.2 Å². The molecule has 118 valence electrons. The van der Waals surface area contributed by atoms with Gasteiger partial charge in [0.2, 0.25) is 6.10 Å². The summed E-state index contributed by atoms with van der Waals surface area (Å²) in [5, 5.41) is 2.71. The molecule has 22 heavy (non-hydrogen) atoms. The number of nitroso groups, excluding NO2 is 1. The average molecular weight is 315 g/mol. The molecule has 2 rings (SSSR count). The molecule has 0 aromatic heterocycles. The number of fused-ring (bicyclic) bond motifs is 1. The Morgan fingerprint density at radius 2 is 2.14 bits per heavy atom. The Hall–Kier alpha value is -2.38. The second-order valence-electron chi connectivity index (χ2n) is 4.52. The zero-order valence-corrected chi connectivity index (χ0v) is 11.5. The number of hydrogen-bond acceptors (Lipinski definition) is 5. The average Bonchev–Trinajstić information content (AvgIpc) is 2.45. The van der Waals surface area contributed by atoms with Crippen molar-refractivity contribution in [1.29, 1.82) is 0 Å². The number of halogens is 3. The van der Waals surface area contributed by atoms with Gasteiger partial charge in [-0.05, 0) is 30.7 Å². The highest BCUT2D eigenvalue weighted by molar-refractivity contribution is 5.96. The van der Waals surface area contributed by atoms with E-state index in [9.17, 15) is 22.9 Å². The van der Waals surface area contributed by atoms with Crippen LogP contribution in [0.25, 0.3) is 6.08 Å². The molecule has 0 saturated carbocycles. The van der Waals surface area contributed by atoms with Crippen LogP contribution in [0.4, 0.5) is 13.2 Å². The van der Waals surface area contributed by atoms with Crippen LogP contribution in [0.15, 0.2) is 28.9 Å². The highest BCUT2D eigenvalue weighted by atomic mass is 19.4. The van der Waals surface area contributed by atoms with Gasteiger partial charge in [0.05, 0.1) is 12.2 Å². The number of hydrogen-bond donors (Lipinski definition) is 0. The quantitative estimate of drug-likeness (QED) is 0.632. The Morgan fingerprint density at radius 1 is 1.41 bits per heavy atom. The molecule has 0 saturated heterocycles. The van der Waals surface area contributed by atoms with E-state index in [-0.39, 0.29) is 24.5 Å². The van der Waals surface area contributed by atoms with Gasteiger partial charge < -0.3 is 9.47 Å². The molecule has 8 heteroatoms. The van der Waals surface area contributed by atoms with Crippen molar-refractivity contribution in [3.63, 3.8) is 0 Å². The van der Waals surface area contributed by atoms with Crippen molar-refractivity contribution in [1.82, 2.24) is 0 Å². The van der Waals surface area contributed by atoms with Gasteiger partial charge in [-0.15, -0.1) is 0 Å². The van der Waals surface area contributed by atoms with Gasteiger partial charge in [-0.3, -0.25) is 0 Å². The summed E-state index contributed by atoms with van der Waals surface area (Å²) in [6, 6.07) is 4.20. The fourth-order valence-electron chi connectivity index (χ4n) is 2.05. The van der Waals surface area contributed by atoms with Crippen LogP contribution in [-0.4, -0.2) is 24.9 Å². The van der Waals surface area contributed by atoms with E-state index in [2.05, 4.69) is 9.91 Å². The smallest absolute Gasteiger partial charge is 0.430 e. The second-order valence-corrected chi connectivity index (χ2v) is 4.52. The topological polar surface area (TPSA) is 65.0 Å². The summed E-state index contributed by atoms with van der Waals surface area (Å²) in [5.74, 6) is -1.11. The number of alkyl halides is 3. The molecule has 1 heterocycles. The van der Waals surface area contributed by atoms with Crippen molar-refractivity contribution < 1.29 is 27.4 Å². The Morgan fingerprint density at radius 3 is 2.73 bits per heavy atom. The molecule has 1 aromatic carbocycles. The molecule has 1 unspecified atom stereocenters. The minimum absolute atomic E-state index is 0.0231. The molecule has 1 aromatic rings. The zero-order valence-electron chi connectivity index (χ0n) is 11.5. The largest absolute Gasteiger partial charge is 0.475 e. The van der Waals surface area contributed by atoms with Crippen LogP contribution < -0.4 is 4.74 Å². The van der Waals surface area contributed by atoms with E-state index < -0.39 is 23.8 Å². The molecule has 0 amide bonds. The third kappa shape index (κ3) is 3.26. The third-order valence-electron chi connectivity index (χ3n) is 2.97. The number of ether oxygens (including phenoxy) is 2. The Balaban J connectivity index is 2.46. The number of rotatable bonds is 4. The summed E-state index contributed by atoms with van der Waals surface area (Å²) in [6.07, 6.45) is -6.06. The SMILES string of the molecule is CCOC(=O)C1=Cc2cc(CN=O)ccc2OC1C(F)(F)F. The van der Waals surface area contributed by atoms with Gasteiger partial charge in [0.15, 0.2) is 0 Å². The maximum absolute atomic E-state index is 13.1. The number of esters is 1. The summed E-state index contributed by atoms with van der Waals surface area (Å²) in [5.41, 5.74) is 0.144. The van der Waals surface area contributed by atoms with E-state index >= 15 is 0 Å². The van der Waals surface area contributed by atoms with Crippen LogP contribution in [-0.2, 0) is 16.1 Å². The van der Waals surface area contributed by atoms with E-state index in [1.165, 1.54) is 25.1 Å². The number of nitrogens with zero attached hydrogens (tertiary/aromatic N) is 1. The van der Waals surface area contributed by atoms with Crippen molar-refractivity contribution in [2.45, 2.75) is 25.7 Å². The molecule has 1 atom stereocenters. The first-order valence-corrected chi connectivity index (χ1v) is 6.41.